The number of benzene rings is 1. The molecule has 0 atom stereocenters. The number of urea groups is 1. The van der Waals surface area contributed by atoms with Crippen molar-refractivity contribution in [2.45, 2.75) is 103 Å². The minimum absolute atomic E-state index is 0.0389. The van der Waals surface area contributed by atoms with Gasteiger partial charge in [-0.2, -0.15) is 5.10 Å². The summed E-state index contributed by atoms with van der Waals surface area (Å²) in [6.45, 7) is 2.13. The van der Waals surface area contributed by atoms with Crippen LogP contribution in [0.1, 0.15) is 101 Å². The first kappa shape index (κ1) is 20.4. The van der Waals surface area contributed by atoms with Gasteiger partial charge in [0.15, 0.2) is 0 Å². The molecule has 1 N–H and O–H groups in total. The van der Waals surface area contributed by atoms with E-state index in [-0.39, 0.29) is 12.1 Å². The maximum atomic E-state index is 13.2. The van der Waals surface area contributed by atoms with Gasteiger partial charge in [-0.15, -0.1) is 0 Å². The molecule has 2 saturated carbocycles. The lowest BCUT2D eigenvalue weighted by Crippen LogP contribution is -2.39. The average Bonchev–Trinajstić information content (AvgIpc) is 2.88. The van der Waals surface area contributed by atoms with E-state index in [0.29, 0.717) is 5.92 Å². The second-order valence-electron chi connectivity index (χ2n) is 9.35. The van der Waals surface area contributed by atoms with Gasteiger partial charge < -0.3 is 5.32 Å². The van der Waals surface area contributed by atoms with E-state index in [2.05, 4.69) is 30.4 Å². The summed E-state index contributed by atoms with van der Waals surface area (Å²) < 4.78 is 0. The highest BCUT2D eigenvalue weighted by Crippen LogP contribution is 2.34. The molecule has 0 saturated heterocycles. The molecule has 0 spiro atoms. The van der Waals surface area contributed by atoms with Crippen molar-refractivity contribution in [3.63, 3.8) is 0 Å². The second kappa shape index (κ2) is 9.77. The number of nitrogens with zero attached hydrogens (tertiary/aromatic N) is 2. The number of aryl methyl sites for hydroxylation is 1. The number of fused-ring (bicyclic) bond motifs is 1. The van der Waals surface area contributed by atoms with E-state index in [1.54, 1.807) is 0 Å². The van der Waals surface area contributed by atoms with Gasteiger partial charge in [0.05, 0.1) is 17.4 Å². The van der Waals surface area contributed by atoms with Gasteiger partial charge in [0, 0.05) is 11.5 Å². The highest BCUT2D eigenvalue weighted by atomic mass is 16.2. The van der Waals surface area contributed by atoms with Crippen molar-refractivity contribution in [3.8, 4) is 0 Å². The van der Waals surface area contributed by atoms with E-state index in [1.165, 1.54) is 82.6 Å². The Hall–Kier alpha value is -1.84. The van der Waals surface area contributed by atoms with Crippen LogP contribution < -0.4 is 5.32 Å². The number of hydrogen-bond donors (Lipinski definition) is 1. The Kier molecular flexibility index (Phi) is 6.89. The molecule has 2 fully saturated rings. The third-order valence-electron chi connectivity index (χ3n) is 7.03. The van der Waals surface area contributed by atoms with E-state index in [4.69, 9.17) is 5.10 Å². The van der Waals surface area contributed by atoms with Gasteiger partial charge in [-0.1, -0.05) is 75.8 Å². The summed E-state index contributed by atoms with van der Waals surface area (Å²) in [4.78, 5) is 13.2. The quantitative estimate of drug-likeness (QED) is 0.574. The van der Waals surface area contributed by atoms with Crippen LogP contribution in [0.4, 0.5) is 10.5 Å². The molecule has 0 unspecified atom stereocenters. The molecule has 1 aliphatic heterocycles. The Morgan fingerprint density at radius 1 is 0.862 bits per heavy atom. The van der Waals surface area contributed by atoms with Crippen molar-refractivity contribution in [2.24, 2.45) is 11.0 Å². The van der Waals surface area contributed by atoms with Gasteiger partial charge in [-0.25, -0.2) is 9.80 Å². The molecule has 4 nitrogen and oxygen atoms in total. The van der Waals surface area contributed by atoms with E-state index < -0.39 is 0 Å². The molecular formula is C25H37N3O. The van der Waals surface area contributed by atoms with Crippen LogP contribution in [0.25, 0.3) is 0 Å². The van der Waals surface area contributed by atoms with Gasteiger partial charge in [0.1, 0.15) is 0 Å². The molecule has 0 bridgehead atoms. The number of hydrazone groups is 1. The molecule has 29 heavy (non-hydrogen) atoms. The van der Waals surface area contributed by atoms with Crippen LogP contribution in [0, 0.1) is 12.8 Å². The molecule has 1 aromatic rings. The van der Waals surface area contributed by atoms with E-state index in [0.717, 1.165) is 29.8 Å². The van der Waals surface area contributed by atoms with Crippen LogP contribution >= 0.6 is 0 Å². The van der Waals surface area contributed by atoms with Crippen LogP contribution in [0.15, 0.2) is 23.3 Å². The van der Waals surface area contributed by atoms with Crippen molar-refractivity contribution in [1.29, 1.82) is 0 Å². The highest BCUT2D eigenvalue weighted by molar-refractivity contribution is 6.11. The summed E-state index contributed by atoms with van der Waals surface area (Å²) in [5, 5.41) is 10.2. The van der Waals surface area contributed by atoms with Gasteiger partial charge in [-0.3, -0.25) is 0 Å². The lowest BCUT2D eigenvalue weighted by Gasteiger charge is -2.29. The maximum absolute atomic E-state index is 13.2. The summed E-state index contributed by atoms with van der Waals surface area (Å²) in [7, 11) is 0. The zero-order valence-corrected chi connectivity index (χ0v) is 18.1. The largest absolute Gasteiger partial charge is 0.342 e. The first-order chi connectivity index (χ1) is 14.2. The molecule has 0 aromatic heterocycles. The zero-order valence-electron chi connectivity index (χ0n) is 18.1. The standard InChI is InChI=1S/C25H37N3O/c1-19-16-17-23-22(18-19)24(20-12-8-7-9-13-20)27-28(25(29)26-23)21-14-10-5-3-2-4-6-11-15-21/h16-18,20-21H,2-15H2,1H3,(H,26,29). The molecule has 3 aliphatic rings. The SMILES string of the molecule is Cc1ccc2c(c1)C(C1CCCCC1)=NN(C1CCCCCCCCC1)C(=O)N2. The van der Waals surface area contributed by atoms with Crippen molar-refractivity contribution < 1.29 is 4.79 Å². The summed E-state index contributed by atoms with van der Waals surface area (Å²) >= 11 is 0. The fourth-order valence-electron chi connectivity index (χ4n) is 5.32. The van der Waals surface area contributed by atoms with Crippen LogP contribution in [0.2, 0.25) is 0 Å². The zero-order chi connectivity index (χ0) is 20.1. The summed E-state index contributed by atoms with van der Waals surface area (Å²) in [5.74, 6) is 0.471. The van der Waals surface area contributed by atoms with Gasteiger partial charge in [0.25, 0.3) is 0 Å². The Morgan fingerprint density at radius 2 is 1.45 bits per heavy atom. The van der Waals surface area contributed by atoms with Crippen molar-refractivity contribution in [1.82, 2.24) is 5.01 Å². The fraction of sp³-hybridized carbons (Fsp3) is 0.680. The molecule has 2 aliphatic carbocycles. The summed E-state index contributed by atoms with van der Waals surface area (Å²) in [5.41, 5.74) is 4.47. The molecule has 1 aromatic carbocycles. The molecular weight excluding hydrogens is 358 g/mol. The Labute approximate surface area is 176 Å². The number of hydrogen-bond acceptors (Lipinski definition) is 2. The number of carbonyl (C=O) groups is 1. The Balaban J connectivity index is 1.67. The maximum Gasteiger partial charge on any atom is 0.342 e. The number of anilines is 1. The van der Waals surface area contributed by atoms with Crippen LogP contribution in [0.3, 0.4) is 0 Å². The number of nitrogens with one attached hydrogen (secondary N) is 1. The third-order valence-corrected chi connectivity index (χ3v) is 7.03. The topological polar surface area (TPSA) is 44.7 Å². The lowest BCUT2D eigenvalue weighted by atomic mass is 9.82. The first-order valence-corrected chi connectivity index (χ1v) is 12.0. The molecule has 1 heterocycles. The number of amides is 2. The van der Waals surface area contributed by atoms with E-state index in [9.17, 15) is 4.79 Å². The van der Waals surface area contributed by atoms with Gasteiger partial charge in [-0.05, 0) is 44.7 Å². The second-order valence-corrected chi connectivity index (χ2v) is 9.35. The van der Waals surface area contributed by atoms with E-state index in [1.807, 2.05) is 5.01 Å². The molecule has 0 radical (unpaired) electrons. The monoisotopic (exact) mass is 395 g/mol. The minimum Gasteiger partial charge on any atom is -0.306 e. The summed E-state index contributed by atoms with van der Waals surface area (Å²) in [6, 6.07) is 6.57. The molecule has 4 heteroatoms. The molecule has 4 rings (SSSR count). The number of rotatable bonds is 2. The van der Waals surface area contributed by atoms with Crippen molar-refractivity contribution >= 4 is 17.4 Å². The normalized spacial score (nSPS) is 23.0. The fourth-order valence-corrected chi connectivity index (χ4v) is 5.32. The Morgan fingerprint density at radius 3 is 2.14 bits per heavy atom. The third kappa shape index (κ3) is 5.02. The van der Waals surface area contributed by atoms with Crippen LogP contribution in [-0.2, 0) is 0 Å². The van der Waals surface area contributed by atoms with Crippen LogP contribution in [-0.4, -0.2) is 22.8 Å². The van der Waals surface area contributed by atoms with E-state index >= 15 is 0 Å². The van der Waals surface area contributed by atoms with Crippen molar-refractivity contribution in [2.75, 3.05) is 5.32 Å². The van der Waals surface area contributed by atoms with Gasteiger partial charge in [0.2, 0.25) is 0 Å². The van der Waals surface area contributed by atoms with Crippen LogP contribution in [0.5, 0.6) is 0 Å². The molecule has 158 valence electrons. The van der Waals surface area contributed by atoms with Crippen molar-refractivity contribution in [3.05, 3.63) is 29.3 Å². The molecule has 2 amide bonds. The Bertz CT molecular complexity index is 726. The predicted molar refractivity (Wildman–Crippen MR) is 120 cm³/mol. The predicted octanol–water partition coefficient (Wildman–Crippen LogP) is 7.02. The first-order valence-electron chi connectivity index (χ1n) is 12.0. The van der Waals surface area contributed by atoms with Gasteiger partial charge >= 0.3 is 6.03 Å². The smallest absolute Gasteiger partial charge is 0.306 e. The lowest BCUT2D eigenvalue weighted by molar-refractivity contribution is 0.178. The minimum atomic E-state index is -0.0389. The highest BCUT2D eigenvalue weighted by Gasteiger charge is 2.31. The summed E-state index contributed by atoms with van der Waals surface area (Å²) in [6.07, 6.45) is 17.4. The number of carbonyl (C=O) groups excluding carboxylic acids is 1. The average molecular weight is 396 g/mol.